The van der Waals surface area contributed by atoms with E-state index in [1.807, 2.05) is 11.8 Å². The maximum absolute atomic E-state index is 13.1. The van der Waals surface area contributed by atoms with Gasteiger partial charge in [0.1, 0.15) is 17.5 Å². The lowest BCUT2D eigenvalue weighted by Crippen LogP contribution is -2.49. The van der Waals surface area contributed by atoms with Gasteiger partial charge in [0.15, 0.2) is 0 Å². The maximum Gasteiger partial charge on any atom is 0.416 e. The van der Waals surface area contributed by atoms with Crippen molar-refractivity contribution in [2.75, 3.05) is 29.4 Å². The van der Waals surface area contributed by atoms with Gasteiger partial charge in [0.05, 0.1) is 11.6 Å². The highest BCUT2D eigenvalue weighted by atomic mass is 19.4. The van der Waals surface area contributed by atoms with Crippen molar-refractivity contribution in [3.05, 3.63) is 41.0 Å². The number of hydrogen-bond donors (Lipinski definition) is 0. The van der Waals surface area contributed by atoms with E-state index in [2.05, 4.69) is 14.9 Å². The second kappa shape index (κ2) is 6.85. The Bertz CT molecular complexity index is 929. The summed E-state index contributed by atoms with van der Waals surface area (Å²) in [5, 5.41) is 0. The summed E-state index contributed by atoms with van der Waals surface area (Å²) in [6.07, 6.45) is 2.11. The first-order valence-corrected chi connectivity index (χ1v) is 10.3. The molecule has 0 bridgehead atoms. The molecule has 4 heterocycles. The predicted octanol–water partition coefficient (Wildman–Crippen LogP) is 3.79. The molecule has 5 nitrogen and oxygen atoms in total. The molecule has 29 heavy (non-hydrogen) atoms. The molecular weight excluding hydrogens is 379 g/mol. The van der Waals surface area contributed by atoms with Gasteiger partial charge >= 0.3 is 6.18 Å². The Balaban J connectivity index is 1.43. The lowest BCUT2D eigenvalue weighted by Gasteiger charge is -2.40. The molecule has 0 saturated carbocycles. The molecule has 2 saturated heterocycles. The van der Waals surface area contributed by atoms with Crippen LogP contribution in [0.1, 0.15) is 41.9 Å². The summed E-state index contributed by atoms with van der Waals surface area (Å²) in [6.45, 7) is 4.30. The fourth-order valence-electron chi connectivity index (χ4n) is 5.15. The molecule has 8 heteroatoms. The van der Waals surface area contributed by atoms with Gasteiger partial charge in [0.25, 0.3) is 0 Å². The van der Waals surface area contributed by atoms with E-state index in [4.69, 9.17) is 4.98 Å². The van der Waals surface area contributed by atoms with Crippen molar-refractivity contribution < 1.29 is 13.2 Å². The van der Waals surface area contributed by atoms with Crippen LogP contribution in [-0.2, 0) is 19.0 Å². The Morgan fingerprint density at radius 2 is 1.93 bits per heavy atom. The molecular formula is C21H24F3N5. The topological polar surface area (TPSA) is 45.2 Å². The van der Waals surface area contributed by atoms with Crippen LogP contribution in [0.2, 0.25) is 0 Å². The zero-order valence-electron chi connectivity index (χ0n) is 16.4. The smallest absolute Gasteiger partial charge is 0.355 e. The summed E-state index contributed by atoms with van der Waals surface area (Å²) < 4.78 is 39.4. The Hall–Kier alpha value is -2.38. The van der Waals surface area contributed by atoms with E-state index in [-0.39, 0.29) is 6.04 Å². The second-order valence-corrected chi connectivity index (χ2v) is 8.32. The summed E-state index contributed by atoms with van der Waals surface area (Å²) in [5.74, 6) is 2.81. The Labute approximate surface area is 168 Å². The average Bonchev–Trinajstić information content (AvgIpc) is 3.33. The van der Waals surface area contributed by atoms with Gasteiger partial charge in [0, 0.05) is 37.1 Å². The van der Waals surface area contributed by atoms with Crippen molar-refractivity contribution in [2.45, 2.75) is 51.2 Å². The Kier molecular flexibility index (Phi) is 4.40. The van der Waals surface area contributed by atoms with Crippen LogP contribution >= 0.6 is 0 Å². The van der Waals surface area contributed by atoms with Gasteiger partial charge < -0.3 is 9.80 Å². The standard InChI is InChI=1S/C21H24F3N5/c1-13-26-17-4-2-3-16(17)20(27-13)29-10-7-14-6-9-28(12-18(14)29)19-11-15(5-8-25-19)21(22,23)24/h5,8,11,14,18H,2-4,6-7,9-10,12H2,1H3. The SMILES string of the molecule is Cc1nc2c(c(N3CCC4CCN(c5cc(C(F)(F)F)ccn5)CC43)n1)CCC2. The number of nitrogens with zero attached hydrogens (tertiary/aromatic N) is 5. The minimum absolute atomic E-state index is 0.249. The van der Waals surface area contributed by atoms with Crippen LogP contribution < -0.4 is 9.80 Å². The number of halogens is 3. The normalized spacial score (nSPS) is 24.0. The van der Waals surface area contributed by atoms with Crippen LogP contribution in [0.15, 0.2) is 18.3 Å². The van der Waals surface area contributed by atoms with Crippen LogP contribution in [0.3, 0.4) is 0 Å². The van der Waals surface area contributed by atoms with Crippen molar-refractivity contribution in [1.82, 2.24) is 15.0 Å². The molecule has 0 amide bonds. The number of anilines is 2. The van der Waals surface area contributed by atoms with E-state index in [1.54, 1.807) is 0 Å². The van der Waals surface area contributed by atoms with E-state index in [0.29, 0.717) is 18.3 Å². The third kappa shape index (κ3) is 3.32. The van der Waals surface area contributed by atoms with Gasteiger partial charge in [-0.25, -0.2) is 15.0 Å². The number of hydrogen-bond acceptors (Lipinski definition) is 5. The minimum Gasteiger partial charge on any atom is -0.355 e. The fraction of sp³-hybridized carbons (Fsp3) is 0.571. The molecule has 2 aromatic heterocycles. The number of aryl methyl sites for hydroxylation is 2. The van der Waals surface area contributed by atoms with Crippen molar-refractivity contribution in [3.8, 4) is 0 Å². The zero-order valence-corrected chi connectivity index (χ0v) is 16.4. The molecule has 5 rings (SSSR count). The van der Waals surface area contributed by atoms with Crippen molar-refractivity contribution in [1.29, 1.82) is 0 Å². The number of rotatable bonds is 2. The molecule has 0 radical (unpaired) electrons. The zero-order chi connectivity index (χ0) is 20.2. The van der Waals surface area contributed by atoms with Crippen molar-refractivity contribution in [3.63, 3.8) is 0 Å². The number of aromatic nitrogens is 3. The van der Waals surface area contributed by atoms with E-state index in [0.717, 1.165) is 62.9 Å². The van der Waals surface area contributed by atoms with Gasteiger partial charge in [-0.1, -0.05) is 0 Å². The molecule has 0 aromatic carbocycles. The Morgan fingerprint density at radius 3 is 2.76 bits per heavy atom. The molecule has 2 fully saturated rings. The van der Waals surface area contributed by atoms with E-state index in [1.165, 1.54) is 23.5 Å². The van der Waals surface area contributed by atoms with Gasteiger partial charge in [-0.15, -0.1) is 0 Å². The lowest BCUT2D eigenvalue weighted by molar-refractivity contribution is -0.137. The summed E-state index contributed by atoms with van der Waals surface area (Å²) in [6, 6.07) is 2.45. The number of alkyl halides is 3. The third-order valence-corrected chi connectivity index (χ3v) is 6.55. The van der Waals surface area contributed by atoms with Crippen LogP contribution in [0.4, 0.5) is 24.8 Å². The van der Waals surface area contributed by atoms with Crippen LogP contribution in [0.5, 0.6) is 0 Å². The van der Waals surface area contributed by atoms with Gasteiger partial charge in [-0.3, -0.25) is 0 Å². The van der Waals surface area contributed by atoms with E-state index in [9.17, 15) is 13.2 Å². The minimum atomic E-state index is -4.35. The number of piperidine rings is 1. The molecule has 0 spiro atoms. The monoisotopic (exact) mass is 403 g/mol. The van der Waals surface area contributed by atoms with Crippen molar-refractivity contribution >= 4 is 11.6 Å². The van der Waals surface area contributed by atoms with Crippen molar-refractivity contribution in [2.24, 2.45) is 5.92 Å². The maximum atomic E-state index is 13.1. The molecule has 2 atom stereocenters. The van der Waals surface area contributed by atoms with Gasteiger partial charge in [-0.05, 0) is 57.1 Å². The molecule has 1 aliphatic carbocycles. The quantitative estimate of drug-likeness (QED) is 0.763. The van der Waals surface area contributed by atoms with E-state index < -0.39 is 11.7 Å². The van der Waals surface area contributed by atoms with Gasteiger partial charge in [-0.2, -0.15) is 13.2 Å². The molecule has 2 unspecified atom stereocenters. The second-order valence-electron chi connectivity index (χ2n) is 8.32. The molecule has 3 aliphatic rings. The first-order chi connectivity index (χ1) is 13.9. The summed E-state index contributed by atoms with van der Waals surface area (Å²) in [5.41, 5.74) is 1.80. The first kappa shape index (κ1) is 18.6. The molecule has 2 aromatic rings. The predicted molar refractivity (Wildman–Crippen MR) is 104 cm³/mol. The molecule has 0 N–H and O–H groups in total. The fourth-order valence-corrected chi connectivity index (χ4v) is 5.15. The van der Waals surface area contributed by atoms with E-state index >= 15 is 0 Å². The summed E-state index contributed by atoms with van der Waals surface area (Å²) >= 11 is 0. The molecule has 2 aliphatic heterocycles. The summed E-state index contributed by atoms with van der Waals surface area (Å²) in [7, 11) is 0. The lowest BCUT2D eigenvalue weighted by atomic mass is 9.92. The third-order valence-electron chi connectivity index (χ3n) is 6.55. The van der Waals surface area contributed by atoms with Gasteiger partial charge in [0.2, 0.25) is 0 Å². The highest BCUT2D eigenvalue weighted by molar-refractivity contribution is 5.54. The van der Waals surface area contributed by atoms with Crippen LogP contribution in [-0.4, -0.2) is 40.6 Å². The number of fused-ring (bicyclic) bond motifs is 2. The van der Waals surface area contributed by atoms with Crippen LogP contribution in [0.25, 0.3) is 0 Å². The number of pyridine rings is 1. The first-order valence-electron chi connectivity index (χ1n) is 10.3. The largest absolute Gasteiger partial charge is 0.416 e. The Morgan fingerprint density at radius 1 is 1.10 bits per heavy atom. The highest BCUT2D eigenvalue weighted by Gasteiger charge is 2.41. The van der Waals surface area contributed by atoms with Crippen LogP contribution in [0, 0.1) is 12.8 Å². The average molecular weight is 403 g/mol. The summed E-state index contributed by atoms with van der Waals surface area (Å²) in [4.78, 5) is 18.1. The molecule has 154 valence electrons. The highest BCUT2D eigenvalue weighted by Crippen LogP contribution is 2.39.